The normalized spacial score (nSPS) is 13.0. The fraction of sp³-hybridized carbons (Fsp3) is 0.238. The molecule has 1 heterocycles. The van der Waals surface area contributed by atoms with Gasteiger partial charge in [0.2, 0.25) is 0 Å². The molecule has 2 aromatic carbocycles. The first-order valence-electron chi connectivity index (χ1n) is 8.69. The molecule has 0 aliphatic rings. The molecule has 3 aromatic rings. The molecule has 0 aliphatic heterocycles. The number of aliphatic hydroxyl groups is 1. The predicted molar refractivity (Wildman–Crippen MR) is 104 cm³/mol. The number of benzene rings is 2. The van der Waals surface area contributed by atoms with Crippen LogP contribution in [-0.2, 0) is 6.42 Å². The Morgan fingerprint density at radius 3 is 2.56 bits per heavy atom. The summed E-state index contributed by atoms with van der Waals surface area (Å²) in [6.07, 6.45) is 3.97. The SMILES string of the molecule is COc1ccccc1CC(C)(CO)NC(=O)c1ccc(-c2cn[nH]c2)cc1. The Balaban J connectivity index is 1.74. The minimum Gasteiger partial charge on any atom is -0.496 e. The lowest BCUT2D eigenvalue weighted by Gasteiger charge is -2.29. The van der Waals surface area contributed by atoms with Gasteiger partial charge >= 0.3 is 0 Å². The van der Waals surface area contributed by atoms with Gasteiger partial charge in [-0.25, -0.2) is 0 Å². The van der Waals surface area contributed by atoms with E-state index in [0.717, 1.165) is 22.4 Å². The first-order valence-corrected chi connectivity index (χ1v) is 8.69. The molecule has 1 amide bonds. The van der Waals surface area contributed by atoms with Crippen LogP contribution in [0.5, 0.6) is 5.75 Å². The summed E-state index contributed by atoms with van der Waals surface area (Å²) < 4.78 is 5.37. The minimum absolute atomic E-state index is 0.191. The van der Waals surface area contributed by atoms with E-state index in [0.29, 0.717) is 12.0 Å². The van der Waals surface area contributed by atoms with Gasteiger partial charge in [-0.3, -0.25) is 9.89 Å². The van der Waals surface area contributed by atoms with Crippen molar-refractivity contribution in [3.05, 3.63) is 72.1 Å². The molecule has 0 fully saturated rings. The molecule has 27 heavy (non-hydrogen) atoms. The number of carbonyl (C=O) groups excluding carboxylic acids is 1. The van der Waals surface area contributed by atoms with Crippen molar-refractivity contribution in [2.45, 2.75) is 18.9 Å². The highest BCUT2D eigenvalue weighted by molar-refractivity contribution is 5.95. The number of hydrogen-bond donors (Lipinski definition) is 3. The number of nitrogens with one attached hydrogen (secondary N) is 2. The molecule has 3 N–H and O–H groups in total. The highest BCUT2D eigenvalue weighted by Crippen LogP contribution is 2.23. The smallest absolute Gasteiger partial charge is 0.251 e. The van der Waals surface area contributed by atoms with Crippen molar-refractivity contribution < 1.29 is 14.6 Å². The summed E-state index contributed by atoms with van der Waals surface area (Å²) in [5, 5.41) is 19.6. The predicted octanol–water partition coefficient (Wildman–Crippen LogP) is 2.81. The van der Waals surface area contributed by atoms with Crippen LogP contribution in [0.25, 0.3) is 11.1 Å². The largest absolute Gasteiger partial charge is 0.496 e. The Kier molecular flexibility index (Phi) is 5.57. The number of ether oxygens (including phenoxy) is 1. The molecule has 3 rings (SSSR count). The molecule has 0 bridgehead atoms. The molecular weight excluding hydrogens is 342 g/mol. The molecule has 0 radical (unpaired) electrons. The van der Waals surface area contributed by atoms with E-state index in [4.69, 9.17) is 4.74 Å². The third-order valence-electron chi connectivity index (χ3n) is 4.52. The Hall–Kier alpha value is -3.12. The molecule has 0 saturated carbocycles. The van der Waals surface area contributed by atoms with Crippen LogP contribution in [0.1, 0.15) is 22.8 Å². The number of aromatic nitrogens is 2. The van der Waals surface area contributed by atoms with Gasteiger partial charge in [-0.15, -0.1) is 0 Å². The Bertz CT molecular complexity index is 891. The van der Waals surface area contributed by atoms with Crippen LogP contribution in [0.15, 0.2) is 60.9 Å². The highest BCUT2D eigenvalue weighted by atomic mass is 16.5. The Morgan fingerprint density at radius 2 is 1.93 bits per heavy atom. The zero-order chi connectivity index (χ0) is 19.3. The minimum atomic E-state index is -0.811. The number of aliphatic hydroxyl groups excluding tert-OH is 1. The van der Waals surface area contributed by atoms with Crippen LogP contribution >= 0.6 is 0 Å². The molecule has 140 valence electrons. The van der Waals surface area contributed by atoms with Crippen LogP contribution in [0.3, 0.4) is 0 Å². The van der Waals surface area contributed by atoms with Gasteiger partial charge in [0.25, 0.3) is 5.91 Å². The van der Waals surface area contributed by atoms with Gasteiger partial charge < -0.3 is 15.2 Å². The van der Waals surface area contributed by atoms with Crippen LogP contribution in [-0.4, -0.2) is 40.5 Å². The fourth-order valence-electron chi connectivity index (χ4n) is 2.98. The van der Waals surface area contributed by atoms with Crippen LogP contribution < -0.4 is 10.1 Å². The lowest BCUT2D eigenvalue weighted by molar-refractivity contribution is 0.0851. The average molecular weight is 365 g/mol. The monoisotopic (exact) mass is 365 g/mol. The van der Waals surface area contributed by atoms with Crippen molar-refractivity contribution >= 4 is 5.91 Å². The second kappa shape index (κ2) is 8.05. The van der Waals surface area contributed by atoms with Crippen molar-refractivity contribution in [2.24, 2.45) is 0 Å². The maximum atomic E-state index is 12.7. The fourth-order valence-corrected chi connectivity index (χ4v) is 2.98. The summed E-state index contributed by atoms with van der Waals surface area (Å²) in [7, 11) is 1.61. The van der Waals surface area contributed by atoms with Crippen molar-refractivity contribution in [3.8, 4) is 16.9 Å². The van der Waals surface area contributed by atoms with Crippen molar-refractivity contribution in [2.75, 3.05) is 13.7 Å². The summed E-state index contributed by atoms with van der Waals surface area (Å²) in [5.41, 5.74) is 2.57. The van der Waals surface area contributed by atoms with E-state index in [9.17, 15) is 9.90 Å². The number of nitrogens with zero attached hydrogens (tertiary/aromatic N) is 1. The summed E-state index contributed by atoms with van der Waals surface area (Å²) in [6, 6.07) is 14.9. The number of rotatable bonds is 7. The lowest BCUT2D eigenvalue weighted by atomic mass is 9.92. The van der Waals surface area contributed by atoms with E-state index in [1.807, 2.05) is 43.3 Å². The number of hydrogen-bond acceptors (Lipinski definition) is 4. The van der Waals surface area contributed by atoms with Gasteiger partial charge in [0.1, 0.15) is 5.75 Å². The average Bonchev–Trinajstić information content (AvgIpc) is 3.23. The third kappa shape index (κ3) is 4.35. The van der Waals surface area contributed by atoms with Crippen molar-refractivity contribution in [3.63, 3.8) is 0 Å². The maximum Gasteiger partial charge on any atom is 0.251 e. The number of methoxy groups -OCH3 is 1. The maximum absolute atomic E-state index is 12.7. The number of amides is 1. The van der Waals surface area contributed by atoms with Crippen LogP contribution in [0, 0.1) is 0 Å². The second-order valence-corrected chi connectivity index (χ2v) is 6.73. The number of aromatic amines is 1. The number of carbonyl (C=O) groups is 1. The first kappa shape index (κ1) is 18.7. The van der Waals surface area contributed by atoms with Gasteiger partial charge in [-0.1, -0.05) is 30.3 Å². The molecule has 0 saturated heterocycles. The zero-order valence-corrected chi connectivity index (χ0v) is 15.4. The van der Waals surface area contributed by atoms with E-state index in [2.05, 4.69) is 15.5 Å². The highest BCUT2D eigenvalue weighted by Gasteiger charge is 2.27. The van der Waals surface area contributed by atoms with E-state index >= 15 is 0 Å². The second-order valence-electron chi connectivity index (χ2n) is 6.73. The van der Waals surface area contributed by atoms with Gasteiger partial charge in [0.15, 0.2) is 0 Å². The molecule has 1 aromatic heterocycles. The summed E-state index contributed by atoms with van der Waals surface area (Å²) in [5.74, 6) is 0.496. The van der Waals surface area contributed by atoms with Crippen LogP contribution in [0.2, 0.25) is 0 Å². The van der Waals surface area contributed by atoms with E-state index < -0.39 is 5.54 Å². The number of para-hydroxylation sites is 1. The molecule has 6 heteroatoms. The lowest BCUT2D eigenvalue weighted by Crippen LogP contribution is -2.50. The molecule has 0 aliphatic carbocycles. The Labute approximate surface area is 158 Å². The van der Waals surface area contributed by atoms with Crippen LogP contribution in [0.4, 0.5) is 0 Å². The van der Waals surface area contributed by atoms with E-state index in [1.54, 1.807) is 31.6 Å². The van der Waals surface area contributed by atoms with E-state index in [-0.39, 0.29) is 12.5 Å². The van der Waals surface area contributed by atoms with Gasteiger partial charge in [0.05, 0.1) is 25.5 Å². The van der Waals surface area contributed by atoms with Crippen molar-refractivity contribution in [1.29, 1.82) is 0 Å². The van der Waals surface area contributed by atoms with Gasteiger partial charge in [-0.2, -0.15) is 5.10 Å². The Morgan fingerprint density at radius 1 is 1.19 bits per heavy atom. The number of H-pyrrole nitrogens is 1. The summed E-state index contributed by atoms with van der Waals surface area (Å²) >= 11 is 0. The van der Waals surface area contributed by atoms with Gasteiger partial charge in [0, 0.05) is 23.7 Å². The van der Waals surface area contributed by atoms with Gasteiger partial charge in [-0.05, 0) is 36.2 Å². The standard InChI is InChI=1S/C21H23N3O3/c1-21(14-25,11-17-5-3-4-6-19(17)27-2)24-20(26)16-9-7-15(8-10-16)18-12-22-23-13-18/h3-10,12-13,25H,11,14H2,1-2H3,(H,22,23)(H,24,26). The summed E-state index contributed by atoms with van der Waals surface area (Å²) in [6.45, 7) is 1.63. The molecule has 1 unspecified atom stereocenters. The quantitative estimate of drug-likeness (QED) is 0.601. The van der Waals surface area contributed by atoms with Crippen molar-refractivity contribution in [1.82, 2.24) is 15.5 Å². The topological polar surface area (TPSA) is 87.2 Å². The molecular formula is C21H23N3O3. The molecule has 0 spiro atoms. The van der Waals surface area contributed by atoms with E-state index in [1.165, 1.54) is 0 Å². The summed E-state index contributed by atoms with van der Waals surface area (Å²) in [4.78, 5) is 12.7. The molecule has 6 nitrogen and oxygen atoms in total. The zero-order valence-electron chi connectivity index (χ0n) is 15.4. The molecule has 1 atom stereocenters. The third-order valence-corrected chi connectivity index (χ3v) is 4.52. The first-order chi connectivity index (χ1) is 13.0.